The topological polar surface area (TPSA) is 133 Å². The van der Waals surface area contributed by atoms with Gasteiger partial charge in [0.05, 0.1) is 13.4 Å². The molecule has 0 radical (unpaired) electrons. The molecule has 4 N–H and O–H groups in total. The number of nitrogens with zero attached hydrogens (tertiary/aromatic N) is 1. The van der Waals surface area contributed by atoms with Gasteiger partial charge in [-0.2, -0.15) is 0 Å². The number of aromatic nitrogens is 2. The molecule has 0 aliphatic heterocycles. The van der Waals surface area contributed by atoms with Gasteiger partial charge in [-0.05, 0) is 0 Å². The molecule has 0 aliphatic rings. The number of rotatable bonds is 6. The van der Waals surface area contributed by atoms with E-state index in [0.29, 0.717) is 5.69 Å². The lowest BCUT2D eigenvalue weighted by atomic mass is 10.2. The highest BCUT2D eigenvalue weighted by Crippen LogP contribution is 1.98. The molecule has 1 rings (SSSR count). The number of aromatic amines is 1. The Morgan fingerprint density at radius 2 is 2.26 bits per heavy atom. The zero-order chi connectivity index (χ0) is 14.3. The van der Waals surface area contributed by atoms with Gasteiger partial charge in [-0.1, -0.05) is 0 Å². The van der Waals surface area contributed by atoms with Gasteiger partial charge in [-0.25, -0.2) is 14.6 Å². The lowest BCUT2D eigenvalue weighted by Gasteiger charge is -2.13. The Morgan fingerprint density at radius 1 is 1.53 bits per heavy atom. The van der Waals surface area contributed by atoms with E-state index in [-0.39, 0.29) is 13.0 Å². The van der Waals surface area contributed by atoms with E-state index in [1.54, 1.807) is 0 Å². The number of H-pyrrole nitrogens is 1. The summed E-state index contributed by atoms with van der Waals surface area (Å²) in [6, 6.07) is -1.89. The first kappa shape index (κ1) is 14.5. The predicted molar refractivity (Wildman–Crippen MR) is 62.3 cm³/mol. The van der Waals surface area contributed by atoms with E-state index in [9.17, 15) is 14.4 Å². The van der Waals surface area contributed by atoms with Crippen molar-refractivity contribution in [2.45, 2.75) is 12.5 Å². The number of aliphatic carboxylic acids is 1. The molecule has 0 aromatic carbocycles. The number of carboxylic acids is 1. The fourth-order valence-corrected chi connectivity index (χ4v) is 1.25. The molecule has 1 aromatic heterocycles. The number of urea groups is 1. The molecule has 1 aromatic rings. The summed E-state index contributed by atoms with van der Waals surface area (Å²) in [6.07, 6.45) is 2.93. The highest BCUT2D eigenvalue weighted by Gasteiger charge is 2.21. The van der Waals surface area contributed by atoms with E-state index >= 15 is 0 Å². The second-order valence-corrected chi connectivity index (χ2v) is 3.57. The van der Waals surface area contributed by atoms with Crippen molar-refractivity contribution in [2.24, 2.45) is 0 Å². The Labute approximate surface area is 108 Å². The molecule has 0 saturated heterocycles. The summed E-state index contributed by atoms with van der Waals surface area (Å²) in [4.78, 5) is 39.7. The molecule has 19 heavy (non-hydrogen) atoms. The van der Waals surface area contributed by atoms with E-state index in [0.717, 1.165) is 0 Å². The second kappa shape index (κ2) is 6.99. The summed E-state index contributed by atoms with van der Waals surface area (Å²) >= 11 is 0. The van der Waals surface area contributed by atoms with Crippen LogP contribution in [0, 0.1) is 0 Å². The third-order valence-corrected chi connectivity index (χ3v) is 2.20. The van der Waals surface area contributed by atoms with Crippen molar-refractivity contribution in [3.8, 4) is 0 Å². The predicted octanol–water partition coefficient (Wildman–Crippen LogP) is -1.12. The Morgan fingerprint density at radius 3 is 2.79 bits per heavy atom. The molecule has 1 heterocycles. The summed E-state index contributed by atoms with van der Waals surface area (Å²) in [5, 5.41) is 13.4. The van der Waals surface area contributed by atoms with E-state index < -0.39 is 24.0 Å². The third kappa shape index (κ3) is 5.06. The largest absolute Gasteiger partial charge is 0.480 e. The maximum absolute atomic E-state index is 11.4. The number of carbonyl (C=O) groups excluding carboxylic acids is 2. The normalized spacial score (nSPS) is 11.4. The molecule has 9 heteroatoms. The van der Waals surface area contributed by atoms with Gasteiger partial charge < -0.3 is 25.5 Å². The quantitative estimate of drug-likeness (QED) is 0.484. The minimum absolute atomic E-state index is 0.0565. The minimum atomic E-state index is -1.19. The zero-order valence-corrected chi connectivity index (χ0v) is 10.2. The molecule has 1 atom stereocenters. The number of carbonyl (C=O) groups is 3. The Hall–Kier alpha value is -2.58. The van der Waals surface area contributed by atoms with Crippen LogP contribution in [0.15, 0.2) is 12.5 Å². The van der Waals surface area contributed by atoms with E-state index in [4.69, 9.17) is 5.11 Å². The summed E-state index contributed by atoms with van der Waals surface area (Å²) in [6.45, 7) is -0.335. The number of esters is 1. The van der Waals surface area contributed by atoms with Crippen molar-refractivity contribution >= 4 is 18.0 Å². The first-order chi connectivity index (χ1) is 9.02. The van der Waals surface area contributed by atoms with Crippen LogP contribution in [0.3, 0.4) is 0 Å². The number of carboxylic acid groups (broad SMARTS) is 1. The molecule has 0 bridgehead atoms. The van der Waals surface area contributed by atoms with Crippen LogP contribution in [0.5, 0.6) is 0 Å². The van der Waals surface area contributed by atoms with Crippen LogP contribution in [0.4, 0.5) is 4.79 Å². The lowest BCUT2D eigenvalue weighted by molar-refractivity contribution is -0.139. The molecular formula is C10H14N4O5. The van der Waals surface area contributed by atoms with Crippen LogP contribution in [0.1, 0.15) is 5.69 Å². The monoisotopic (exact) mass is 270 g/mol. The number of ether oxygens (including phenoxy) is 1. The fourth-order valence-electron chi connectivity index (χ4n) is 1.25. The third-order valence-electron chi connectivity index (χ3n) is 2.20. The van der Waals surface area contributed by atoms with Crippen LogP contribution in [-0.2, 0) is 20.7 Å². The van der Waals surface area contributed by atoms with Crippen LogP contribution in [0.2, 0.25) is 0 Å². The van der Waals surface area contributed by atoms with Crippen LogP contribution < -0.4 is 10.6 Å². The van der Waals surface area contributed by atoms with Gasteiger partial charge >= 0.3 is 18.0 Å². The minimum Gasteiger partial charge on any atom is -0.480 e. The van der Waals surface area contributed by atoms with Crippen molar-refractivity contribution < 1.29 is 24.2 Å². The SMILES string of the molecule is COC(=O)CNC(=O)N[C@H](Cc1cnc[nH]1)C(=O)O. The zero-order valence-electron chi connectivity index (χ0n) is 10.2. The summed E-state index contributed by atoms with van der Waals surface area (Å²) < 4.78 is 4.33. The molecule has 0 aliphatic carbocycles. The molecule has 0 spiro atoms. The second-order valence-electron chi connectivity index (χ2n) is 3.57. The number of amides is 2. The molecule has 2 amide bonds. The summed E-state index contributed by atoms with van der Waals surface area (Å²) in [7, 11) is 1.18. The highest BCUT2D eigenvalue weighted by molar-refractivity contribution is 5.85. The molecule has 0 saturated carbocycles. The average molecular weight is 270 g/mol. The standard InChI is InChI=1S/C10H14N4O5/c1-19-8(15)4-12-10(18)14-7(9(16)17)2-6-3-11-5-13-6/h3,5,7H,2,4H2,1H3,(H,11,13)(H,16,17)(H2,12,14,18)/t7-/m1/s1. The van der Waals surface area contributed by atoms with E-state index in [1.807, 2.05) is 0 Å². The van der Waals surface area contributed by atoms with Crippen molar-refractivity contribution in [3.05, 3.63) is 18.2 Å². The Balaban J connectivity index is 2.47. The highest BCUT2D eigenvalue weighted by atomic mass is 16.5. The number of methoxy groups -OCH3 is 1. The van der Waals surface area contributed by atoms with Crippen LogP contribution in [0.25, 0.3) is 0 Å². The van der Waals surface area contributed by atoms with Gasteiger partial charge in [0.25, 0.3) is 0 Å². The van der Waals surface area contributed by atoms with Gasteiger partial charge in [0.15, 0.2) is 0 Å². The van der Waals surface area contributed by atoms with Gasteiger partial charge in [0.2, 0.25) is 0 Å². The van der Waals surface area contributed by atoms with Crippen molar-refractivity contribution in [2.75, 3.05) is 13.7 Å². The number of hydrogen-bond acceptors (Lipinski definition) is 5. The van der Waals surface area contributed by atoms with Gasteiger partial charge in [0.1, 0.15) is 12.6 Å². The lowest BCUT2D eigenvalue weighted by Crippen LogP contribution is -2.48. The first-order valence-electron chi connectivity index (χ1n) is 5.34. The smallest absolute Gasteiger partial charge is 0.326 e. The van der Waals surface area contributed by atoms with Gasteiger partial charge in [0, 0.05) is 18.3 Å². The van der Waals surface area contributed by atoms with Crippen molar-refractivity contribution in [1.82, 2.24) is 20.6 Å². The van der Waals surface area contributed by atoms with Crippen LogP contribution in [-0.4, -0.2) is 52.7 Å². The van der Waals surface area contributed by atoms with Crippen LogP contribution >= 0.6 is 0 Å². The van der Waals surface area contributed by atoms with E-state index in [2.05, 4.69) is 25.3 Å². The summed E-state index contributed by atoms with van der Waals surface area (Å²) in [5.74, 6) is -1.82. The van der Waals surface area contributed by atoms with Crippen molar-refractivity contribution in [3.63, 3.8) is 0 Å². The van der Waals surface area contributed by atoms with E-state index in [1.165, 1.54) is 19.6 Å². The Kier molecular flexibility index (Phi) is 5.33. The summed E-state index contributed by atoms with van der Waals surface area (Å²) in [5.41, 5.74) is 0.570. The fraction of sp³-hybridized carbons (Fsp3) is 0.400. The maximum Gasteiger partial charge on any atom is 0.326 e. The maximum atomic E-state index is 11.4. The van der Waals surface area contributed by atoms with Gasteiger partial charge in [-0.15, -0.1) is 0 Å². The molecule has 0 fully saturated rings. The van der Waals surface area contributed by atoms with Gasteiger partial charge in [-0.3, -0.25) is 4.79 Å². The Bertz CT molecular complexity index is 445. The molecule has 0 unspecified atom stereocenters. The number of nitrogens with one attached hydrogen (secondary N) is 3. The van der Waals surface area contributed by atoms with Crippen molar-refractivity contribution in [1.29, 1.82) is 0 Å². The molecule has 104 valence electrons. The number of imidazole rings is 1. The number of hydrogen-bond donors (Lipinski definition) is 4. The first-order valence-corrected chi connectivity index (χ1v) is 5.34. The molecule has 9 nitrogen and oxygen atoms in total. The molecular weight excluding hydrogens is 256 g/mol. The average Bonchev–Trinajstić information content (AvgIpc) is 2.87.